The molecule has 4 aliphatic carbocycles. The van der Waals surface area contributed by atoms with Crippen molar-refractivity contribution in [2.45, 2.75) is 79.1 Å². The van der Waals surface area contributed by atoms with Gasteiger partial charge >= 0.3 is 0 Å². The zero-order chi connectivity index (χ0) is 16.4. The lowest BCUT2D eigenvalue weighted by Crippen LogP contribution is -2.50. The van der Waals surface area contributed by atoms with E-state index in [-0.39, 0.29) is 5.41 Å². The molecule has 0 aromatic rings. The van der Waals surface area contributed by atoms with Crippen LogP contribution in [0.15, 0.2) is 11.6 Å². The molecule has 128 valence electrons. The van der Waals surface area contributed by atoms with E-state index in [1.54, 1.807) is 5.57 Å². The number of carbonyl (C=O) groups excluding carboxylic acids is 1. The molecular formula is C22H34O. The SMILES string of the molecule is CCC1CCC2C3CC[C@@H]4C[C@H](C)CC[C@]4(C)C3=CC(=O)[C@]12C. The highest BCUT2D eigenvalue weighted by Crippen LogP contribution is 2.65. The first-order valence-corrected chi connectivity index (χ1v) is 10.2. The normalized spacial score (nSPS) is 52.4. The second kappa shape index (κ2) is 5.20. The van der Waals surface area contributed by atoms with Crippen LogP contribution in [0.1, 0.15) is 79.1 Å². The highest BCUT2D eigenvalue weighted by atomic mass is 16.1. The van der Waals surface area contributed by atoms with Crippen molar-refractivity contribution in [3.05, 3.63) is 11.6 Å². The summed E-state index contributed by atoms with van der Waals surface area (Å²) in [6, 6.07) is 0. The lowest BCUT2D eigenvalue weighted by molar-refractivity contribution is -0.131. The molecule has 7 atom stereocenters. The summed E-state index contributed by atoms with van der Waals surface area (Å²) in [6.45, 7) is 9.52. The van der Waals surface area contributed by atoms with Crippen LogP contribution in [-0.2, 0) is 4.79 Å². The van der Waals surface area contributed by atoms with Gasteiger partial charge in [-0.05, 0) is 86.0 Å². The first-order chi connectivity index (χ1) is 10.9. The van der Waals surface area contributed by atoms with Gasteiger partial charge < -0.3 is 0 Å². The molecule has 0 radical (unpaired) electrons. The fourth-order valence-electron chi connectivity index (χ4n) is 7.29. The van der Waals surface area contributed by atoms with Gasteiger partial charge in [-0.1, -0.05) is 39.7 Å². The van der Waals surface area contributed by atoms with E-state index in [0.717, 1.165) is 11.8 Å². The molecule has 0 heterocycles. The Balaban J connectivity index is 1.74. The highest BCUT2D eigenvalue weighted by Gasteiger charge is 2.59. The Hall–Kier alpha value is -0.590. The summed E-state index contributed by atoms with van der Waals surface area (Å²) in [5.74, 6) is 4.16. The topological polar surface area (TPSA) is 17.1 Å². The van der Waals surface area contributed by atoms with E-state index in [0.29, 0.717) is 29.0 Å². The van der Waals surface area contributed by atoms with Crippen molar-refractivity contribution in [2.24, 2.45) is 40.4 Å². The van der Waals surface area contributed by atoms with Crippen LogP contribution in [0.2, 0.25) is 0 Å². The maximum atomic E-state index is 13.2. The number of allylic oxidation sites excluding steroid dienone is 2. The van der Waals surface area contributed by atoms with E-state index >= 15 is 0 Å². The van der Waals surface area contributed by atoms with Gasteiger partial charge in [0.25, 0.3) is 0 Å². The minimum atomic E-state index is -0.0475. The van der Waals surface area contributed by atoms with Gasteiger partial charge in [-0.3, -0.25) is 4.79 Å². The first kappa shape index (κ1) is 15.9. The fraction of sp³-hybridized carbons (Fsp3) is 0.864. The summed E-state index contributed by atoms with van der Waals surface area (Å²) in [5, 5.41) is 0. The number of ketones is 1. The molecule has 0 amide bonds. The van der Waals surface area contributed by atoms with Crippen LogP contribution in [0.3, 0.4) is 0 Å². The molecular weight excluding hydrogens is 280 g/mol. The molecule has 0 N–H and O–H groups in total. The van der Waals surface area contributed by atoms with Crippen molar-refractivity contribution in [2.75, 3.05) is 0 Å². The van der Waals surface area contributed by atoms with E-state index in [4.69, 9.17) is 0 Å². The van der Waals surface area contributed by atoms with Crippen molar-refractivity contribution in [1.82, 2.24) is 0 Å². The molecule has 0 aromatic heterocycles. The van der Waals surface area contributed by atoms with Gasteiger partial charge in [-0.2, -0.15) is 0 Å². The summed E-state index contributed by atoms with van der Waals surface area (Å²) in [7, 11) is 0. The molecule has 23 heavy (non-hydrogen) atoms. The lowest BCUT2D eigenvalue weighted by Gasteiger charge is -2.56. The van der Waals surface area contributed by atoms with Gasteiger partial charge in [0.1, 0.15) is 0 Å². The molecule has 4 aliphatic rings. The molecule has 0 spiro atoms. The predicted octanol–water partition coefficient (Wildman–Crippen LogP) is 5.79. The second-order valence-corrected chi connectivity index (χ2v) is 9.71. The Morgan fingerprint density at radius 3 is 2.65 bits per heavy atom. The van der Waals surface area contributed by atoms with Crippen LogP contribution in [0.5, 0.6) is 0 Å². The van der Waals surface area contributed by atoms with Crippen LogP contribution < -0.4 is 0 Å². The van der Waals surface area contributed by atoms with Crippen LogP contribution >= 0.6 is 0 Å². The third-order valence-electron chi connectivity index (χ3n) is 8.87. The largest absolute Gasteiger partial charge is 0.294 e. The number of rotatable bonds is 1. The van der Waals surface area contributed by atoms with Gasteiger partial charge in [0.05, 0.1) is 0 Å². The quantitative estimate of drug-likeness (QED) is 0.598. The summed E-state index contributed by atoms with van der Waals surface area (Å²) in [5.41, 5.74) is 1.87. The van der Waals surface area contributed by atoms with E-state index in [9.17, 15) is 4.79 Å². The summed E-state index contributed by atoms with van der Waals surface area (Å²) in [6.07, 6.45) is 12.7. The third kappa shape index (κ3) is 2.01. The van der Waals surface area contributed by atoms with E-state index in [2.05, 4.69) is 33.8 Å². The second-order valence-electron chi connectivity index (χ2n) is 9.71. The van der Waals surface area contributed by atoms with Crippen molar-refractivity contribution >= 4 is 5.78 Å². The molecule has 1 heteroatoms. The Morgan fingerprint density at radius 2 is 1.91 bits per heavy atom. The monoisotopic (exact) mass is 314 g/mol. The van der Waals surface area contributed by atoms with Crippen LogP contribution in [0, 0.1) is 40.4 Å². The van der Waals surface area contributed by atoms with Crippen molar-refractivity contribution < 1.29 is 4.79 Å². The molecule has 0 bridgehead atoms. The van der Waals surface area contributed by atoms with Gasteiger partial charge in [0, 0.05) is 5.41 Å². The summed E-state index contributed by atoms with van der Waals surface area (Å²) < 4.78 is 0. The highest BCUT2D eigenvalue weighted by molar-refractivity contribution is 5.97. The Bertz CT molecular complexity index is 546. The first-order valence-electron chi connectivity index (χ1n) is 10.2. The van der Waals surface area contributed by atoms with E-state index < -0.39 is 0 Å². The maximum Gasteiger partial charge on any atom is 0.162 e. The number of carbonyl (C=O) groups is 1. The molecule has 3 fully saturated rings. The maximum absolute atomic E-state index is 13.2. The number of hydrogen-bond donors (Lipinski definition) is 0. The molecule has 0 aromatic carbocycles. The fourth-order valence-corrected chi connectivity index (χ4v) is 7.29. The molecule has 1 nitrogen and oxygen atoms in total. The van der Waals surface area contributed by atoms with E-state index in [1.807, 2.05) is 0 Å². The molecule has 4 rings (SSSR count). The average Bonchev–Trinajstić information content (AvgIpc) is 2.87. The zero-order valence-corrected chi connectivity index (χ0v) is 15.5. The smallest absolute Gasteiger partial charge is 0.162 e. The van der Waals surface area contributed by atoms with Gasteiger partial charge in [-0.15, -0.1) is 0 Å². The minimum Gasteiger partial charge on any atom is -0.294 e. The van der Waals surface area contributed by atoms with Crippen LogP contribution in [0.4, 0.5) is 0 Å². The van der Waals surface area contributed by atoms with Crippen molar-refractivity contribution in [1.29, 1.82) is 0 Å². The number of hydrogen-bond acceptors (Lipinski definition) is 1. The Kier molecular flexibility index (Phi) is 3.60. The lowest BCUT2D eigenvalue weighted by atomic mass is 9.48. The van der Waals surface area contributed by atoms with Gasteiger partial charge in [0.15, 0.2) is 5.78 Å². The molecule has 3 saturated carbocycles. The molecule has 0 saturated heterocycles. The van der Waals surface area contributed by atoms with Crippen molar-refractivity contribution in [3.63, 3.8) is 0 Å². The summed E-state index contributed by atoms with van der Waals surface area (Å²) in [4.78, 5) is 13.2. The molecule has 3 unspecified atom stereocenters. The minimum absolute atomic E-state index is 0.0475. The van der Waals surface area contributed by atoms with Crippen molar-refractivity contribution in [3.8, 4) is 0 Å². The zero-order valence-electron chi connectivity index (χ0n) is 15.5. The predicted molar refractivity (Wildman–Crippen MR) is 95.0 cm³/mol. The van der Waals surface area contributed by atoms with Gasteiger partial charge in [-0.25, -0.2) is 0 Å². The summed E-state index contributed by atoms with van der Waals surface area (Å²) >= 11 is 0. The van der Waals surface area contributed by atoms with E-state index in [1.165, 1.54) is 51.4 Å². The third-order valence-corrected chi connectivity index (χ3v) is 8.87. The van der Waals surface area contributed by atoms with Crippen LogP contribution in [-0.4, -0.2) is 5.78 Å². The van der Waals surface area contributed by atoms with Crippen LogP contribution in [0.25, 0.3) is 0 Å². The standard InChI is InChI=1S/C22H34O/c1-5-15-7-9-18-17-8-6-16-12-14(2)10-11-21(16,3)19(17)13-20(23)22(15,18)4/h13-18H,5-12H2,1-4H3/t14-,15?,16-,17?,18?,21+,22-/m1/s1. The molecule has 0 aliphatic heterocycles. The van der Waals surface area contributed by atoms with Gasteiger partial charge in [0.2, 0.25) is 0 Å². The Morgan fingerprint density at radius 1 is 1.13 bits per heavy atom. The number of fused-ring (bicyclic) bond motifs is 5. The average molecular weight is 315 g/mol. The Labute approximate surface area is 142 Å².